The number of hydrogen-bond acceptors (Lipinski definition) is 4. The zero-order valence-electron chi connectivity index (χ0n) is 14.9. The summed E-state index contributed by atoms with van der Waals surface area (Å²) in [4.78, 5) is 29.1. The average Bonchev–Trinajstić information content (AvgIpc) is 3.02. The number of ketones is 1. The molecule has 0 aliphatic rings. The van der Waals surface area contributed by atoms with Gasteiger partial charge in [-0.3, -0.25) is 14.3 Å². The maximum Gasteiger partial charge on any atom is 0.419 e. The standard InChI is InChI=1S/C21H13ClF2N2O3/c22-15-11-17-18(10-14(15)20(27)13-5-3-6-16(23)19(13)24)29-21(28)26(17)9-7-12-4-1-2-8-25-12/h1-6,8,10-11H,7,9H2. The number of hydrogen-bond donors (Lipinski definition) is 0. The predicted octanol–water partition coefficient (Wildman–Crippen LogP) is 4.39. The number of aromatic nitrogens is 2. The van der Waals surface area contributed by atoms with E-state index in [9.17, 15) is 18.4 Å². The van der Waals surface area contributed by atoms with E-state index < -0.39 is 28.7 Å². The molecule has 29 heavy (non-hydrogen) atoms. The van der Waals surface area contributed by atoms with Crippen LogP contribution in [-0.4, -0.2) is 15.3 Å². The summed E-state index contributed by atoms with van der Waals surface area (Å²) in [5.41, 5.74) is 0.776. The highest BCUT2D eigenvalue weighted by atomic mass is 35.5. The van der Waals surface area contributed by atoms with Crippen LogP contribution in [-0.2, 0) is 13.0 Å². The second kappa shape index (κ2) is 7.60. The van der Waals surface area contributed by atoms with Crippen molar-refractivity contribution in [2.24, 2.45) is 0 Å². The SMILES string of the molecule is O=C(c1cc2oc(=O)n(CCc3ccccn3)c2cc1Cl)c1cccc(F)c1F. The summed E-state index contributed by atoms with van der Waals surface area (Å²) in [6.45, 7) is 0.297. The van der Waals surface area contributed by atoms with Gasteiger partial charge < -0.3 is 4.42 Å². The van der Waals surface area contributed by atoms with Gasteiger partial charge in [0, 0.05) is 30.4 Å². The predicted molar refractivity (Wildman–Crippen MR) is 103 cm³/mol. The van der Waals surface area contributed by atoms with Crippen LogP contribution in [0.2, 0.25) is 5.02 Å². The average molecular weight is 415 g/mol. The molecule has 0 bridgehead atoms. The lowest BCUT2D eigenvalue weighted by Gasteiger charge is -2.07. The molecule has 2 aromatic heterocycles. The molecule has 4 rings (SSSR count). The first-order valence-corrected chi connectivity index (χ1v) is 9.05. The van der Waals surface area contributed by atoms with Crippen LogP contribution in [0.1, 0.15) is 21.6 Å². The Morgan fingerprint density at radius 3 is 2.69 bits per heavy atom. The number of nitrogens with zero attached hydrogens (tertiary/aromatic N) is 2. The number of oxazole rings is 1. The normalized spacial score (nSPS) is 11.1. The third-order valence-corrected chi connectivity index (χ3v) is 4.83. The van der Waals surface area contributed by atoms with Crippen LogP contribution in [0, 0.1) is 11.6 Å². The van der Waals surface area contributed by atoms with E-state index in [0.29, 0.717) is 18.5 Å². The van der Waals surface area contributed by atoms with E-state index in [1.807, 2.05) is 12.1 Å². The van der Waals surface area contributed by atoms with Crippen LogP contribution >= 0.6 is 11.6 Å². The highest BCUT2D eigenvalue weighted by Crippen LogP contribution is 2.27. The third kappa shape index (κ3) is 3.56. The van der Waals surface area contributed by atoms with Crippen LogP contribution < -0.4 is 5.76 Å². The number of benzene rings is 2. The molecule has 0 spiro atoms. The minimum Gasteiger partial charge on any atom is -0.408 e. The Morgan fingerprint density at radius 2 is 1.93 bits per heavy atom. The first-order valence-electron chi connectivity index (χ1n) is 8.67. The molecule has 0 atom stereocenters. The summed E-state index contributed by atoms with van der Waals surface area (Å²) in [5, 5.41) is -0.00135. The molecule has 0 radical (unpaired) electrons. The van der Waals surface area contributed by atoms with Gasteiger partial charge in [-0.05, 0) is 36.4 Å². The van der Waals surface area contributed by atoms with Crippen molar-refractivity contribution in [2.75, 3.05) is 0 Å². The lowest BCUT2D eigenvalue weighted by atomic mass is 10.0. The van der Waals surface area contributed by atoms with Crippen molar-refractivity contribution < 1.29 is 18.0 Å². The molecule has 0 aliphatic heterocycles. The Labute approximate surface area is 168 Å². The lowest BCUT2D eigenvalue weighted by molar-refractivity contribution is 0.103. The smallest absolute Gasteiger partial charge is 0.408 e. The molecule has 5 nitrogen and oxygen atoms in total. The molecule has 4 aromatic rings. The van der Waals surface area contributed by atoms with E-state index in [4.69, 9.17) is 16.0 Å². The van der Waals surface area contributed by atoms with Crippen molar-refractivity contribution >= 4 is 28.5 Å². The molecule has 0 saturated heterocycles. The quantitative estimate of drug-likeness (QED) is 0.454. The molecule has 2 aromatic carbocycles. The Morgan fingerprint density at radius 1 is 1.10 bits per heavy atom. The molecule has 146 valence electrons. The van der Waals surface area contributed by atoms with Crippen molar-refractivity contribution in [3.05, 3.63) is 98.8 Å². The maximum absolute atomic E-state index is 14.0. The molecule has 0 fully saturated rings. The number of carbonyl (C=O) groups is 1. The molecule has 0 unspecified atom stereocenters. The van der Waals surface area contributed by atoms with Gasteiger partial charge in [0.1, 0.15) is 0 Å². The minimum atomic E-state index is -1.26. The highest BCUT2D eigenvalue weighted by Gasteiger charge is 2.22. The van der Waals surface area contributed by atoms with Gasteiger partial charge >= 0.3 is 5.76 Å². The van der Waals surface area contributed by atoms with Gasteiger partial charge in [0.15, 0.2) is 23.0 Å². The Hall–Kier alpha value is -3.32. The van der Waals surface area contributed by atoms with Crippen LogP contribution in [0.3, 0.4) is 0 Å². The van der Waals surface area contributed by atoms with E-state index in [0.717, 1.165) is 17.8 Å². The van der Waals surface area contributed by atoms with Gasteiger partial charge in [-0.1, -0.05) is 23.7 Å². The zero-order valence-corrected chi connectivity index (χ0v) is 15.6. The van der Waals surface area contributed by atoms with Crippen molar-refractivity contribution in [3.8, 4) is 0 Å². The van der Waals surface area contributed by atoms with Gasteiger partial charge in [-0.2, -0.15) is 0 Å². The molecular weight excluding hydrogens is 402 g/mol. The Balaban J connectivity index is 1.72. The molecule has 2 heterocycles. The summed E-state index contributed by atoms with van der Waals surface area (Å²) in [6.07, 6.45) is 2.15. The number of rotatable bonds is 5. The van der Waals surface area contributed by atoms with E-state index in [2.05, 4.69) is 4.98 Å². The van der Waals surface area contributed by atoms with Crippen LogP contribution in [0.25, 0.3) is 11.1 Å². The van der Waals surface area contributed by atoms with Crippen LogP contribution in [0.5, 0.6) is 0 Å². The molecule has 0 saturated carbocycles. The third-order valence-electron chi connectivity index (χ3n) is 4.52. The summed E-state index contributed by atoms with van der Waals surface area (Å²) in [5.74, 6) is -3.82. The highest BCUT2D eigenvalue weighted by molar-refractivity contribution is 6.35. The first-order chi connectivity index (χ1) is 14.0. The van der Waals surface area contributed by atoms with Crippen molar-refractivity contribution in [2.45, 2.75) is 13.0 Å². The van der Waals surface area contributed by atoms with E-state index in [1.54, 1.807) is 12.3 Å². The van der Waals surface area contributed by atoms with Crippen molar-refractivity contribution in [1.82, 2.24) is 9.55 Å². The molecule has 0 amide bonds. The van der Waals surface area contributed by atoms with Crippen LogP contribution in [0.4, 0.5) is 8.78 Å². The van der Waals surface area contributed by atoms with Gasteiger partial charge in [0.05, 0.1) is 16.1 Å². The Kier molecular flexibility index (Phi) is 4.98. The number of halogens is 3. The fourth-order valence-corrected chi connectivity index (χ4v) is 3.31. The van der Waals surface area contributed by atoms with Crippen molar-refractivity contribution in [1.29, 1.82) is 0 Å². The number of pyridine rings is 1. The Bertz CT molecular complexity index is 1280. The largest absolute Gasteiger partial charge is 0.419 e. The fourth-order valence-electron chi connectivity index (χ4n) is 3.07. The van der Waals surface area contributed by atoms with Gasteiger partial charge in [0.2, 0.25) is 0 Å². The monoisotopic (exact) mass is 414 g/mol. The number of fused-ring (bicyclic) bond motifs is 1. The molecule has 8 heteroatoms. The zero-order chi connectivity index (χ0) is 20.5. The summed E-state index contributed by atoms with van der Waals surface area (Å²) >= 11 is 6.23. The molecule has 0 N–H and O–H groups in total. The maximum atomic E-state index is 14.0. The topological polar surface area (TPSA) is 65.1 Å². The number of carbonyl (C=O) groups excluding carboxylic acids is 1. The molecular formula is C21H13ClF2N2O3. The second-order valence-electron chi connectivity index (χ2n) is 6.32. The number of aryl methyl sites for hydroxylation is 2. The van der Waals surface area contributed by atoms with Crippen molar-refractivity contribution in [3.63, 3.8) is 0 Å². The van der Waals surface area contributed by atoms with Gasteiger partial charge in [-0.25, -0.2) is 13.6 Å². The van der Waals surface area contributed by atoms with E-state index >= 15 is 0 Å². The lowest BCUT2D eigenvalue weighted by Crippen LogP contribution is -2.16. The summed E-state index contributed by atoms with van der Waals surface area (Å²) in [7, 11) is 0. The summed E-state index contributed by atoms with van der Waals surface area (Å²) in [6, 6.07) is 11.5. The van der Waals surface area contributed by atoms with Gasteiger partial charge in [0.25, 0.3) is 0 Å². The van der Waals surface area contributed by atoms with Crippen LogP contribution in [0.15, 0.2) is 63.9 Å². The van der Waals surface area contributed by atoms with E-state index in [-0.39, 0.29) is 16.2 Å². The fraction of sp³-hybridized carbons (Fsp3) is 0.0952. The molecule has 0 aliphatic carbocycles. The second-order valence-corrected chi connectivity index (χ2v) is 6.73. The summed E-state index contributed by atoms with van der Waals surface area (Å²) < 4.78 is 34.1. The first kappa shape index (κ1) is 19.0. The van der Waals surface area contributed by atoms with Gasteiger partial charge in [-0.15, -0.1) is 0 Å². The minimum absolute atomic E-state index is 0.00135. The van der Waals surface area contributed by atoms with E-state index in [1.165, 1.54) is 22.8 Å².